The van der Waals surface area contributed by atoms with Crippen LogP contribution in [0.2, 0.25) is 5.02 Å². The summed E-state index contributed by atoms with van der Waals surface area (Å²) in [6, 6.07) is 7.95. The number of unbranched alkanes of at least 4 members (excludes halogenated alkanes) is 1. The van der Waals surface area contributed by atoms with Crippen LogP contribution in [-0.4, -0.2) is 34.1 Å². The van der Waals surface area contributed by atoms with Gasteiger partial charge in [0.15, 0.2) is 0 Å². The van der Waals surface area contributed by atoms with Gasteiger partial charge in [0.25, 0.3) is 23.4 Å². The van der Waals surface area contributed by atoms with E-state index in [0.717, 1.165) is 12.5 Å². The van der Waals surface area contributed by atoms with Gasteiger partial charge < -0.3 is 5.32 Å². The number of amides is 3. The third-order valence-corrected chi connectivity index (χ3v) is 4.69. The molecule has 0 radical (unpaired) electrons. The quantitative estimate of drug-likeness (QED) is 0.448. The lowest BCUT2D eigenvalue weighted by Crippen LogP contribution is -2.30. The van der Waals surface area contributed by atoms with Gasteiger partial charge >= 0.3 is 0 Å². The lowest BCUT2D eigenvalue weighted by Gasteiger charge is -2.12. The zero-order chi connectivity index (χ0) is 20.4. The molecule has 0 unspecified atom stereocenters. The summed E-state index contributed by atoms with van der Waals surface area (Å²) >= 11 is 5.98. The Labute approximate surface area is 165 Å². The van der Waals surface area contributed by atoms with Gasteiger partial charge in [0.1, 0.15) is 0 Å². The van der Waals surface area contributed by atoms with Crippen LogP contribution in [0.4, 0.5) is 11.4 Å². The molecule has 1 N–H and O–H groups in total. The van der Waals surface area contributed by atoms with Crippen molar-refractivity contribution in [2.45, 2.75) is 19.8 Å². The number of imide groups is 1. The number of fused-ring (bicyclic) bond motifs is 1. The Kier molecular flexibility index (Phi) is 5.41. The van der Waals surface area contributed by atoms with E-state index in [1.54, 1.807) is 0 Å². The maximum atomic E-state index is 12.5. The molecule has 0 saturated heterocycles. The third kappa shape index (κ3) is 3.59. The normalized spacial score (nSPS) is 12.9. The fourth-order valence-electron chi connectivity index (χ4n) is 2.86. The maximum absolute atomic E-state index is 12.5. The number of carbonyl (C=O) groups is 3. The Bertz CT molecular complexity index is 1010. The van der Waals surface area contributed by atoms with E-state index in [-0.39, 0.29) is 39.0 Å². The number of halogens is 1. The monoisotopic (exact) mass is 401 g/mol. The molecule has 0 atom stereocenters. The fraction of sp³-hybridized carbons (Fsp3) is 0.211. The van der Waals surface area contributed by atoms with Crippen LogP contribution in [0.3, 0.4) is 0 Å². The van der Waals surface area contributed by atoms with Crippen molar-refractivity contribution in [2.75, 3.05) is 11.9 Å². The number of benzene rings is 2. The third-order valence-electron chi connectivity index (χ3n) is 4.38. The molecule has 3 rings (SSSR count). The average molecular weight is 402 g/mol. The van der Waals surface area contributed by atoms with E-state index in [2.05, 4.69) is 5.32 Å². The Balaban J connectivity index is 1.82. The van der Waals surface area contributed by atoms with Crippen LogP contribution in [0.15, 0.2) is 36.4 Å². The molecule has 8 nitrogen and oxygen atoms in total. The summed E-state index contributed by atoms with van der Waals surface area (Å²) in [5.41, 5.74) is 0.628. The lowest BCUT2D eigenvalue weighted by molar-refractivity contribution is -0.384. The van der Waals surface area contributed by atoms with Gasteiger partial charge in [0.2, 0.25) is 0 Å². The van der Waals surface area contributed by atoms with E-state index in [4.69, 9.17) is 11.6 Å². The maximum Gasteiger partial charge on any atom is 0.271 e. The molecule has 0 fully saturated rings. The van der Waals surface area contributed by atoms with E-state index in [0.29, 0.717) is 13.0 Å². The molecule has 9 heteroatoms. The largest absolute Gasteiger partial charge is 0.321 e. The second kappa shape index (κ2) is 7.77. The highest BCUT2D eigenvalue weighted by Crippen LogP contribution is 2.28. The summed E-state index contributed by atoms with van der Waals surface area (Å²) in [6.45, 7) is 2.30. The summed E-state index contributed by atoms with van der Waals surface area (Å²) in [4.78, 5) is 48.7. The molecule has 0 saturated carbocycles. The molecule has 0 aliphatic carbocycles. The van der Waals surface area contributed by atoms with Crippen molar-refractivity contribution in [1.29, 1.82) is 0 Å². The summed E-state index contributed by atoms with van der Waals surface area (Å²) in [7, 11) is 0. The number of hydrogen-bond acceptors (Lipinski definition) is 5. The van der Waals surface area contributed by atoms with Crippen molar-refractivity contribution in [2.24, 2.45) is 0 Å². The number of nitrogens with one attached hydrogen (secondary N) is 1. The first-order chi connectivity index (χ1) is 13.3. The smallest absolute Gasteiger partial charge is 0.271 e. The number of rotatable bonds is 6. The van der Waals surface area contributed by atoms with Crippen LogP contribution >= 0.6 is 11.6 Å². The first kappa shape index (κ1) is 19.5. The van der Waals surface area contributed by atoms with Crippen molar-refractivity contribution >= 4 is 40.7 Å². The highest BCUT2D eigenvalue weighted by atomic mass is 35.5. The zero-order valence-electron chi connectivity index (χ0n) is 14.9. The molecule has 1 heterocycles. The molecular formula is C19H16ClN3O5. The van der Waals surface area contributed by atoms with Gasteiger partial charge in [-0.05, 0) is 30.7 Å². The molecule has 3 amide bonds. The van der Waals surface area contributed by atoms with E-state index in [1.807, 2.05) is 6.92 Å². The lowest BCUT2D eigenvalue weighted by atomic mass is 10.1. The minimum atomic E-state index is -0.592. The molecule has 1 aliphatic rings. The predicted octanol–water partition coefficient (Wildman–Crippen LogP) is 3.90. The Morgan fingerprint density at radius 1 is 1.14 bits per heavy atom. The van der Waals surface area contributed by atoms with Gasteiger partial charge in [-0.25, -0.2) is 0 Å². The highest BCUT2D eigenvalue weighted by Gasteiger charge is 2.35. The Morgan fingerprint density at radius 2 is 1.86 bits per heavy atom. The van der Waals surface area contributed by atoms with Gasteiger partial charge in [-0.2, -0.15) is 0 Å². The number of nitrogens with zero attached hydrogens (tertiary/aromatic N) is 2. The first-order valence-corrected chi connectivity index (χ1v) is 8.96. The number of nitro groups is 1. The first-order valence-electron chi connectivity index (χ1n) is 8.59. The molecule has 28 heavy (non-hydrogen) atoms. The Morgan fingerprint density at radius 3 is 2.50 bits per heavy atom. The topological polar surface area (TPSA) is 110 Å². The van der Waals surface area contributed by atoms with Crippen LogP contribution in [0.1, 0.15) is 50.8 Å². The second-order valence-electron chi connectivity index (χ2n) is 6.25. The Hall–Kier alpha value is -3.26. The van der Waals surface area contributed by atoms with Crippen LogP contribution in [-0.2, 0) is 0 Å². The standard InChI is InChI=1S/C19H16ClN3O5/c1-2-3-8-22-18(25)13-6-4-11(9-14(13)19(22)26)17(24)21-16-7-5-12(23(27)28)10-15(16)20/h4-7,9-10H,2-3,8H2,1H3,(H,21,24). The predicted molar refractivity (Wildman–Crippen MR) is 103 cm³/mol. The highest BCUT2D eigenvalue weighted by molar-refractivity contribution is 6.34. The SMILES string of the molecule is CCCCN1C(=O)c2ccc(C(=O)Nc3ccc([N+](=O)[O-])cc3Cl)cc2C1=O. The molecule has 0 aromatic heterocycles. The van der Waals surface area contributed by atoms with Crippen LogP contribution < -0.4 is 5.32 Å². The molecular weight excluding hydrogens is 386 g/mol. The van der Waals surface area contributed by atoms with E-state index in [9.17, 15) is 24.5 Å². The van der Waals surface area contributed by atoms with Gasteiger partial charge in [0, 0.05) is 24.2 Å². The minimum absolute atomic E-state index is 0.0145. The number of nitro benzene ring substituents is 1. The average Bonchev–Trinajstić information content (AvgIpc) is 2.91. The minimum Gasteiger partial charge on any atom is -0.321 e. The van der Waals surface area contributed by atoms with E-state index in [1.165, 1.54) is 35.2 Å². The summed E-state index contributed by atoms with van der Waals surface area (Å²) in [5, 5.41) is 13.3. The number of non-ortho nitro benzene ring substituents is 1. The zero-order valence-corrected chi connectivity index (χ0v) is 15.7. The van der Waals surface area contributed by atoms with Crippen molar-refractivity contribution in [3.63, 3.8) is 0 Å². The van der Waals surface area contributed by atoms with Crippen molar-refractivity contribution in [3.8, 4) is 0 Å². The van der Waals surface area contributed by atoms with E-state index >= 15 is 0 Å². The second-order valence-corrected chi connectivity index (χ2v) is 6.66. The van der Waals surface area contributed by atoms with Crippen molar-refractivity contribution in [3.05, 3.63) is 68.2 Å². The number of anilines is 1. The molecule has 1 aliphatic heterocycles. The van der Waals surface area contributed by atoms with Gasteiger partial charge in [-0.1, -0.05) is 24.9 Å². The number of carbonyl (C=O) groups excluding carboxylic acids is 3. The summed E-state index contributed by atoms with van der Waals surface area (Å²) in [6.07, 6.45) is 1.55. The van der Waals surface area contributed by atoms with Crippen molar-refractivity contribution in [1.82, 2.24) is 4.90 Å². The molecule has 0 spiro atoms. The summed E-state index contributed by atoms with van der Waals surface area (Å²) < 4.78 is 0. The fourth-order valence-corrected chi connectivity index (χ4v) is 3.09. The van der Waals surface area contributed by atoms with Gasteiger partial charge in [0.05, 0.1) is 26.8 Å². The van der Waals surface area contributed by atoms with Gasteiger partial charge in [-0.15, -0.1) is 0 Å². The van der Waals surface area contributed by atoms with Crippen LogP contribution in [0.25, 0.3) is 0 Å². The van der Waals surface area contributed by atoms with Crippen LogP contribution in [0, 0.1) is 10.1 Å². The van der Waals surface area contributed by atoms with Crippen LogP contribution in [0.5, 0.6) is 0 Å². The molecule has 0 bridgehead atoms. The summed E-state index contributed by atoms with van der Waals surface area (Å²) in [5.74, 6) is -1.33. The van der Waals surface area contributed by atoms with Gasteiger partial charge in [-0.3, -0.25) is 29.4 Å². The number of hydrogen-bond donors (Lipinski definition) is 1. The van der Waals surface area contributed by atoms with Crippen molar-refractivity contribution < 1.29 is 19.3 Å². The molecule has 2 aromatic carbocycles. The van der Waals surface area contributed by atoms with E-state index < -0.39 is 16.7 Å². The molecule has 144 valence electrons. The molecule has 2 aromatic rings.